The van der Waals surface area contributed by atoms with Gasteiger partial charge in [0.1, 0.15) is 11.9 Å². The Morgan fingerprint density at radius 2 is 1.55 bits per heavy atom. The lowest BCUT2D eigenvalue weighted by Crippen LogP contribution is -2.45. The maximum Gasteiger partial charge on any atom is 0.247 e. The van der Waals surface area contributed by atoms with Crippen LogP contribution in [0.3, 0.4) is 0 Å². The number of carbonyl (C=O) groups excluding carboxylic acids is 1. The molecule has 2 rings (SSSR count). The van der Waals surface area contributed by atoms with Gasteiger partial charge in [-0.25, -0.2) is 21.2 Å². The molecule has 0 aliphatic rings. The molecular weight excluding hydrogens is 421 g/mol. The van der Waals surface area contributed by atoms with Crippen molar-refractivity contribution in [3.8, 4) is 0 Å². The summed E-state index contributed by atoms with van der Waals surface area (Å²) in [5.41, 5.74) is 0.765. The lowest BCUT2D eigenvalue weighted by atomic mass is 10.2. The first-order valence-corrected chi connectivity index (χ1v) is 12.1. The van der Waals surface area contributed by atoms with Crippen LogP contribution in [0.1, 0.15) is 6.92 Å². The molecule has 0 spiro atoms. The number of carbonyl (C=O) groups is 1. The average molecular weight is 444 g/mol. The minimum Gasteiger partial charge on any atom is -0.324 e. The van der Waals surface area contributed by atoms with Crippen LogP contribution in [0.4, 0.5) is 21.5 Å². The predicted molar refractivity (Wildman–Crippen MR) is 112 cm³/mol. The van der Waals surface area contributed by atoms with E-state index >= 15 is 0 Å². The number of nitrogens with one attached hydrogen (secondary N) is 1. The van der Waals surface area contributed by atoms with E-state index in [2.05, 4.69) is 5.32 Å². The number of benzene rings is 2. The van der Waals surface area contributed by atoms with Crippen molar-refractivity contribution < 1.29 is 26.0 Å². The highest BCUT2D eigenvalue weighted by molar-refractivity contribution is 7.92. The summed E-state index contributed by atoms with van der Waals surface area (Å²) in [6.07, 6.45) is 1.99. The monoisotopic (exact) mass is 443 g/mol. The van der Waals surface area contributed by atoms with Crippen LogP contribution in [0.25, 0.3) is 0 Å². The van der Waals surface area contributed by atoms with E-state index in [1.807, 2.05) is 0 Å². The smallest absolute Gasteiger partial charge is 0.247 e. The fourth-order valence-corrected chi connectivity index (χ4v) is 4.29. The third-order valence-corrected chi connectivity index (χ3v) is 6.59. The Kier molecular flexibility index (Phi) is 6.53. The van der Waals surface area contributed by atoms with E-state index < -0.39 is 37.8 Å². The van der Waals surface area contributed by atoms with Crippen molar-refractivity contribution >= 4 is 43.0 Å². The van der Waals surface area contributed by atoms with Gasteiger partial charge in [-0.05, 0) is 49.4 Å². The molecule has 0 bridgehead atoms. The number of rotatable bonds is 7. The predicted octanol–water partition coefficient (Wildman–Crippen LogP) is 2.01. The standard InChI is InChI=1S/C18H22FN3O5S2/c1-13(22(29(4,26)27)16-10-8-14(19)9-11-16)18(23)20-15-6-5-7-17(12-15)21(2)28(3,24)25/h5-13H,1-4H3,(H,20,23). The lowest BCUT2D eigenvalue weighted by molar-refractivity contribution is -0.116. The molecule has 0 saturated heterocycles. The van der Waals surface area contributed by atoms with Gasteiger partial charge in [0, 0.05) is 12.7 Å². The van der Waals surface area contributed by atoms with Crippen molar-refractivity contribution in [2.24, 2.45) is 0 Å². The Labute approximate surface area is 170 Å². The van der Waals surface area contributed by atoms with Crippen molar-refractivity contribution in [2.75, 3.05) is 33.5 Å². The largest absolute Gasteiger partial charge is 0.324 e. The first-order valence-electron chi connectivity index (χ1n) is 8.40. The van der Waals surface area contributed by atoms with Crippen LogP contribution in [0.2, 0.25) is 0 Å². The molecule has 0 aliphatic heterocycles. The summed E-state index contributed by atoms with van der Waals surface area (Å²) < 4.78 is 63.0. The molecule has 0 saturated carbocycles. The summed E-state index contributed by atoms with van der Waals surface area (Å²) in [7, 11) is -5.96. The molecule has 0 radical (unpaired) electrons. The molecule has 2 aromatic rings. The van der Waals surface area contributed by atoms with Gasteiger partial charge < -0.3 is 5.32 Å². The van der Waals surface area contributed by atoms with Gasteiger partial charge in [-0.2, -0.15) is 0 Å². The second kappa shape index (κ2) is 8.37. The number of hydrogen-bond acceptors (Lipinski definition) is 5. The number of hydrogen-bond donors (Lipinski definition) is 1. The van der Waals surface area contributed by atoms with Crippen molar-refractivity contribution in [1.29, 1.82) is 0 Å². The zero-order valence-electron chi connectivity index (χ0n) is 16.3. The Hall–Kier alpha value is -2.66. The molecule has 1 amide bonds. The minimum absolute atomic E-state index is 0.141. The van der Waals surface area contributed by atoms with E-state index in [9.17, 15) is 26.0 Å². The zero-order valence-corrected chi connectivity index (χ0v) is 18.0. The van der Waals surface area contributed by atoms with Gasteiger partial charge in [0.25, 0.3) is 0 Å². The summed E-state index contributed by atoms with van der Waals surface area (Å²) in [5, 5.41) is 2.58. The van der Waals surface area contributed by atoms with Crippen molar-refractivity contribution in [1.82, 2.24) is 0 Å². The average Bonchev–Trinajstić information content (AvgIpc) is 2.61. The van der Waals surface area contributed by atoms with Crippen molar-refractivity contribution in [3.05, 3.63) is 54.3 Å². The van der Waals surface area contributed by atoms with Crippen LogP contribution < -0.4 is 13.9 Å². The van der Waals surface area contributed by atoms with Gasteiger partial charge in [0.05, 0.1) is 23.9 Å². The van der Waals surface area contributed by atoms with Crippen LogP contribution in [-0.2, 0) is 24.8 Å². The Morgan fingerprint density at radius 3 is 2.07 bits per heavy atom. The topological polar surface area (TPSA) is 104 Å². The van der Waals surface area contributed by atoms with Gasteiger partial charge in [0.2, 0.25) is 26.0 Å². The normalized spacial score (nSPS) is 12.9. The number of nitrogens with zero attached hydrogens (tertiary/aromatic N) is 2. The van der Waals surface area contributed by atoms with E-state index in [-0.39, 0.29) is 5.69 Å². The highest BCUT2D eigenvalue weighted by atomic mass is 32.2. The van der Waals surface area contributed by atoms with Crippen LogP contribution in [0.5, 0.6) is 0 Å². The second-order valence-corrected chi connectivity index (χ2v) is 10.4. The molecule has 1 unspecified atom stereocenters. The van der Waals surface area contributed by atoms with E-state index in [1.54, 1.807) is 18.2 Å². The highest BCUT2D eigenvalue weighted by Gasteiger charge is 2.29. The number of amides is 1. The SMILES string of the molecule is CC(C(=O)Nc1cccc(N(C)S(C)(=O)=O)c1)N(c1ccc(F)cc1)S(C)(=O)=O. The maximum absolute atomic E-state index is 13.2. The van der Waals surface area contributed by atoms with E-state index in [0.717, 1.165) is 33.3 Å². The summed E-state index contributed by atoms with van der Waals surface area (Å²) in [6.45, 7) is 1.40. The summed E-state index contributed by atoms with van der Waals surface area (Å²) in [4.78, 5) is 12.7. The molecule has 11 heteroatoms. The molecule has 1 atom stereocenters. The maximum atomic E-state index is 13.2. The van der Waals surface area contributed by atoms with Crippen LogP contribution in [0, 0.1) is 5.82 Å². The number of halogens is 1. The molecule has 0 aromatic heterocycles. The Morgan fingerprint density at radius 1 is 0.966 bits per heavy atom. The van der Waals surface area contributed by atoms with Gasteiger partial charge >= 0.3 is 0 Å². The van der Waals surface area contributed by atoms with Crippen LogP contribution in [-0.4, -0.2) is 48.3 Å². The fourth-order valence-electron chi connectivity index (χ4n) is 2.61. The molecule has 0 aliphatic carbocycles. The van der Waals surface area contributed by atoms with Gasteiger partial charge in [-0.3, -0.25) is 13.4 Å². The molecule has 2 aromatic carbocycles. The number of anilines is 3. The minimum atomic E-state index is -3.85. The molecule has 0 fully saturated rings. The van der Waals surface area contributed by atoms with E-state index in [1.165, 1.54) is 32.2 Å². The fraction of sp³-hybridized carbons (Fsp3) is 0.278. The second-order valence-electron chi connectivity index (χ2n) is 6.48. The molecule has 0 heterocycles. The van der Waals surface area contributed by atoms with Crippen molar-refractivity contribution in [3.63, 3.8) is 0 Å². The van der Waals surface area contributed by atoms with Crippen molar-refractivity contribution in [2.45, 2.75) is 13.0 Å². The summed E-state index contributed by atoms with van der Waals surface area (Å²) in [6, 6.07) is 9.70. The van der Waals surface area contributed by atoms with E-state index in [4.69, 9.17) is 0 Å². The quantitative estimate of drug-likeness (QED) is 0.705. The third kappa shape index (κ3) is 5.67. The number of sulfonamides is 2. The lowest BCUT2D eigenvalue weighted by Gasteiger charge is -2.28. The van der Waals surface area contributed by atoms with Crippen LogP contribution in [0.15, 0.2) is 48.5 Å². The molecule has 1 N–H and O–H groups in total. The first kappa shape index (κ1) is 22.6. The van der Waals surface area contributed by atoms with Gasteiger partial charge in [-0.1, -0.05) is 6.07 Å². The first-order chi connectivity index (χ1) is 13.3. The highest BCUT2D eigenvalue weighted by Crippen LogP contribution is 2.24. The third-order valence-electron chi connectivity index (χ3n) is 4.14. The Balaban J connectivity index is 2.30. The van der Waals surface area contributed by atoms with Gasteiger partial charge in [0.15, 0.2) is 0 Å². The van der Waals surface area contributed by atoms with Gasteiger partial charge in [-0.15, -0.1) is 0 Å². The molecule has 29 heavy (non-hydrogen) atoms. The summed E-state index contributed by atoms with van der Waals surface area (Å²) >= 11 is 0. The summed E-state index contributed by atoms with van der Waals surface area (Å²) in [5.74, 6) is -1.18. The van der Waals surface area contributed by atoms with E-state index in [0.29, 0.717) is 11.4 Å². The zero-order chi connectivity index (χ0) is 22.0. The Bertz CT molecular complexity index is 1100. The van der Waals surface area contributed by atoms with Crippen LogP contribution >= 0.6 is 0 Å². The molecular formula is C18H22FN3O5S2. The molecule has 158 valence electrons. The molecule has 8 nitrogen and oxygen atoms in total.